The van der Waals surface area contributed by atoms with Gasteiger partial charge in [-0.2, -0.15) is 0 Å². The number of halogens is 1. The molecule has 0 N–H and O–H groups in total. The van der Waals surface area contributed by atoms with Crippen molar-refractivity contribution in [2.45, 2.75) is 52.5 Å². The zero-order valence-electron chi connectivity index (χ0n) is 21.4. The Bertz CT molecular complexity index is 1490. The van der Waals surface area contributed by atoms with Crippen molar-refractivity contribution < 1.29 is 4.39 Å². The van der Waals surface area contributed by atoms with Crippen molar-refractivity contribution >= 4 is 33.2 Å². The van der Waals surface area contributed by atoms with E-state index in [2.05, 4.69) is 118 Å². The number of fused-ring (bicyclic) bond motifs is 3. The third-order valence-electron chi connectivity index (χ3n) is 6.66. The van der Waals surface area contributed by atoms with Gasteiger partial charge in [0.05, 0.1) is 11.0 Å². The number of hydrogen-bond donors (Lipinski definition) is 0. The minimum Gasteiger partial charge on any atom is -0.336 e. The van der Waals surface area contributed by atoms with Crippen LogP contribution in [-0.2, 0) is 5.41 Å². The predicted molar refractivity (Wildman–Crippen MR) is 148 cm³/mol. The van der Waals surface area contributed by atoms with Crippen LogP contribution >= 0.6 is 0 Å². The third-order valence-corrected chi connectivity index (χ3v) is 6.66. The maximum absolute atomic E-state index is 13.7. The molecule has 0 amide bonds. The number of rotatable bonds is 3. The fourth-order valence-corrected chi connectivity index (χ4v) is 5.00. The summed E-state index contributed by atoms with van der Waals surface area (Å²) in [5, 5.41) is 2.42. The summed E-state index contributed by atoms with van der Waals surface area (Å²) in [6.07, 6.45) is 0. The smallest absolute Gasteiger partial charge is 0.123 e. The number of nitrogens with zero attached hydrogens (tertiary/aromatic N) is 2. The molecule has 0 aliphatic heterocycles. The fourth-order valence-electron chi connectivity index (χ4n) is 5.00. The molecule has 0 saturated carbocycles. The standard InChI is InChI=1S/C32H33FN2/c1-31(2,3)22-11-15-24(16-12-22)34-29-10-8-7-9-27(29)28-21-26(19-20-30(28)34)35(32(4,5)6)25-17-13-23(33)14-18-25/h7-21H,1-6H3. The van der Waals surface area contributed by atoms with Gasteiger partial charge in [0.25, 0.3) is 0 Å². The van der Waals surface area contributed by atoms with Crippen LogP contribution in [0.25, 0.3) is 27.5 Å². The first-order chi connectivity index (χ1) is 16.5. The molecule has 0 aliphatic carbocycles. The molecule has 35 heavy (non-hydrogen) atoms. The van der Waals surface area contributed by atoms with Crippen LogP contribution in [0.1, 0.15) is 47.1 Å². The van der Waals surface area contributed by atoms with Crippen LogP contribution in [0.15, 0.2) is 91.0 Å². The number of anilines is 2. The molecule has 5 rings (SSSR count). The van der Waals surface area contributed by atoms with E-state index >= 15 is 0 Å². The van der Waals surface area contributed by atoms with E-state index in [4.69, 9.17) is 0 Å². The Balaban J connectivity index is 1.71. The topological polar surface area (TPSA) is 8.17 Å². The van der Waals surface area contributed by atoms with E-state index in [1.807, 2.05) is 12.1 Å². The van der Waals surface area contributed by atoms with Gasteiger partial charge in [0.1, 0.15) is 5.82 Å². The Labute approximate surface area is 207 Å². The molecule has 0 unspecified atom stereocenters. The van der Waals surface area contributed by atoms with Crippen LogP contribution in [0.4, 0.5) is 15.8 Å². The third kappa shape index (κ3) is 4.20. The Morgan fingerprint density at radius 1 is 0.629 bits per heavy atom. The average Bonchev–Trinajstić information content (AvgIpc) is 3.13. The second-order valence-corrected chi connectivity index (χ2v) is 11.3. The van der Waals surface area contributed by atoms with Gasteiger partial charge in [-0.05, 0) is 92.4 Å². The fraction of sp³-hybridized carbons (Fsp3) is 0.250. The average molecular weight is 465 g/mol. The Morgan fingerprint density at radius 2 is 1.23 bits per heavy atom. The lowest BCUT2D eigenvalue weighted by Gasteiger charge is -2.38. The highest BCUT2D eigenvalue weighted by Gasteiger charge is 2.25. The van der Waals surface area contributed by atoms with Crippen LogP contribution in [0.2, 0.25) is 0 Å². The van der Waals surface area contributed by atoms with Gasteiger partial charge in [0, 0.05) is 33.4 Å². The molecule has 0 radical (unpaired) electrons. The van der Waals surface area contributed by atoms with E-state index in [-0.39, 0.29) is 16.8 Å². The molecule has 178 valence electrons. The lowest BCUT2D eigenvalue weighted by Crippen LogP contribution is -2.37. The van der Waals surface area contributed by atoms with Crippen molar-refractivity contribution in [2.75, 3.05) is 4.90 Å². The summed E-state index contributed by atoms with van der Waals surface area (Å²) in [6.45, 7) is 13.3. The highest BCUT2D eigenvalue weighted by Crippen LogP contribution is 2.39. The van der Waals surface area contributed by atoms with E-state index in [0.717, 1.165) is 17.1 Å². The normalized spacial score (nSPS) is 12.4. The minimum atomic E-state index is -0.224. The van der Waals surface area contributed by atoms with Gasteiger partial charge in [-0.1, -0.05) is 51.1 Å². The number of benzene rings is 4. The van der Waals surface area contributed by atoms with Gasteiger partial charge >= 0.3 is 0 Å². The summed E-state index contributed by atoms with van der Waals surface area (Å²) in [5.74, 6) is -0.224. The Kier molecular flexibility index (Phi) is 5.47. The van der Waals surface area contributed by atoms with Crippen molar-refractivity contribution in [1.29, 1.82) is 0 Å². The van der Waals surface area contributed by atoms with E-state index in [0.29, 0.717) is 0 Å². The van der Waals surface area contributed by atoms with Gasteiger partial charge in [0.15, 0.2) is 0 Å². The van der Waals surface area contributed by atoms with Crippen molar-refractivity contribution in [3.63, 3.8) is 0 Å². The van der Waals surface area contributed by atoms with Crippen molar-refractivity contribution in [1.82, 2.24) is 4.57 Å². The molecular weight excluding hydrogens is 431 g/mol. The Morgan fingerprint density at radius 3 is 1.86 bits per heavy atom. The number of para-hydroxylation sites is 1. The molecular formula is C32H33FN2. The van der Waals surface area contributed by atoms with Gasteiger partial charge in [-0.25, -0.2) is 4.39 Å². The predicted octanol–water partition coefficient (Wildman–Crippen LogP) is 9.16. The first kappa shape index (κ1) is 23.2. The molecule has 1 heterocycles. The maximum atomic E-state index is 13.7. The summed E-state index contributed by atoms with van der Waals surface area (Å²) in [5.41, 5.74) is 6.83. The quantitative estimate of drug-likeness (QED) is 0.258. The molecule has 0 bridgehead atoms. The van der Waals surface area contributed by atoms with E-state index in [9.17, 15) is 4.39 Å². The van der Waals surface area contributed by atoms with Crippen molar-refractivity contribution in [3.05, 3.63) is 102 Å². The summed E-state index contributed by atoms with van der Waals surface area (Å²) < 4.78 is 16.0. The van der Waals surface area contributed by atoms with E-state index < -0.39 is 0 Å². The number of aromatic nitrogens is 1. The highest BCUT2D eigenvalue weighted by molar-refractivity contribution is 6.10. The molecule has 0 saturated heterocycles. The minimum absolute atomic E-state index is 0.116. The maximum Gasteiger partial charge on any atom is 0.123 e. The molecule has 0 spiro atoms. The molecule has 1 aromatic heterocycles. The molecule has 5 aromatic rings. The van der Waals surface area contributed by atoms with Crippen molar-refractivity contribution in [3.8, 4) is 5.69 Å². The SMILES string of the molecule is CC(C)(C)c1ccc(-n2c3ccccc3c3cc(N(c4ccc(F)cc4)C(C)(C)C)ccc32)cc1. The van der Waals surface area contributed by atoms with E-state index in [1.54, 1.807) is 0 Å². The van der Waals surface area contributed by atoms with E-state index in [1.165, 1.54) is 39.5 Å². The summed E-state index contributed by atoms with van der Waals surface area (Å²) in [4.78, 5) is 2.27. The second kappa shape index (κ2) is 8.27. The van der Waals surface area contributed by atoms with Gasteiger partial charge < -0.3 is 9.47 Å². The number of hydrogen-bond acceptors (Lipinski definition) is 1. The molecule has 4 aromatic carbocycles. The van der Waals surface area contributed by atoms with Gasteiger partial charge in [-0.15, -0.1) is 0 Å². The first-order valence-electron chi connectivity index (χ1n) is 12.2. The first-order valence-corrected chi connectivity index (χ1v) is 12.2. The zero-order valence-corrected chi connectivity index (χ0v) is 21.4. The summed E-state index contributed by atoms with van der Waals surface area (Å²) in [7, 11) is 0. The van der Waals surface area contributed by atoms with Crippen LogP contribution in [-0.4, -0.2) is 10.1 Å². The zero-order chi connectivity index (χ0) is 25.0. The second-order valence-electron chi connectivity index (χ2n) is 11.3. The molecule has 0 atom stereocenters. The lowest BCUT2D eigenvalue weighted by atomic mass is 9.87. The van der Waals surface area contributed by atoms with Crippen LogP contribution < -0.4 is 4.90 Å². The van der Waals surface area contributed by atoms with Crippen LogP contribution in [0, 0.1) is 5.82 Å². The van der Waals surface area contributed by atoms with Gasteiger partial charge in [-0.3, -0.25) is 0 Å². The van der Waals surface area contributed by atoms with Crippen LogP contribution in [0.3, 0.4) is 0 Å². The van der Waals surface area contributed by atoms with Crippen LogP contribution in [0.5, 0.6) is 0 Å². The van der Waals surface area contributed by atoms with Crippen molar-refractivity contribution in [2.24, 2.45) is 0 Å². The molecule has 0 fully saturated rings. The Hall–Kier alpha value is -3.59. The van der Waals surface area contributed by atoms with Gasteiger partial charge in [0.2, 0.25) is 0 Å². The molecule has 2 nitrogen and oxygen atoms in total. The highest BCUT2D eigenvalue weighted by atomic mass is 19.1. The largest absolute Gasteiger partial charge is 0.336 e. The molecule has 3 heteroatoms. The summed E-state index contributed by atoms with van der Waals surface area (Å²) in [6, 6.07) is 30.9. The molecule has 0 aliphatic rings. The monoisotopic (exact) mass is 464 g/mol. The summed E-state index contributed by atoms with van der Waals surface area (Å²) >= 11 is 0. The lowest BCUT2D eigenvalue weighted by molar-refractivity contribution is 0.559.